The van der Waals surface area contributed by atoms with E-state index in [-0.39, 0.29) is 5.69 Å². The SMILES string of the molecule is CN(c1cccc2c1CN(c1cn[nH]c(=O)c1C(F)(F)F)C2)C1CCNCC1. The highest BCUT2D eigenvalue weighted by Crippen LogP contribution is 2.39. The maximum absolute atomic E-state index is 13.5. The number of aromatic nitrogens is 2. The summed E-state index contributed by atoms with van der Waals surface area (Å²) in [5.74, 6) is 0. The second-order valence-electron chi connectivity index (χ2n) is 7.32. The average Bonchev–Trinajstić information content (AvgIpc) is 3.11. The molecular formula is C19H22F3N5O. The lowest BCUT2D eigenvalue weighted by Gasteiger charge is -2.34. The van der Waals surface area contributed by atoms with E-state index in [4.69, 9.17) is 0 Å². The van der Waals surface area contributed by atoms with Crippen molar-refractivity contribution in [2.45, 2.75) is 38.1 Å². The lowest BCUT2D eigenvalue weighted by atomic mass is 10.0. The average molecular weight is 393 g/mol. The third-order valence-corrected chi connectivity index (χ3v) is 5.66. The minimum absolute atomic E-state index is 0.178. The molecule has 4 rings (SSSR count). The normalized spacial score (nSPS) is 17.6. The standard InChI is InChI=1S/C19H22F3N5O/c1-26(13-5-7-23-8-6-13)15-4-2-3-12-10-27(11-14(12)15)16-9-24-25-18(28)17(16)19(20,21)22/h2-4,9,13,23H,5-8,10-11H2,1H3,(H,25,28). The van der Waals surface area contributed by atoms with E-state index in [1.165, 1.54) is 0 Å². The summed E-state index contributed by atoms with van der Waals surface area (Å²) < 4.78 is 40.4. The molecule has 0 atom stereocenters. The first-order valence-corrected chi connectivity index (χ1v) is 9.30. The number of anilines is 2. The lowest BCUT2D eigenvalue weighted by Crippen LogP contribution is -2.41. The van der Waals surface area contributed by atoms with Crippen molar-refractivity contribution in [3.05, 3.63) is 51.4 Å². The monoisotopic (exact) mass is 393 g/mol. The number of nitrogens with one attached hydrogen (secondary N) is 2. The molecule has 3 heterocycles. The molecular weight excluding hydrogens is 371 g/mol. The number of piperidine rings is 1. The Morgan fingerprint density at radius 2 is 1.96 bits per heavy atom. The van der Waals surface area contributed by atoms with Gasteiger partial charge in [-0.15, -0.1) is 0 Å². The van der Waals surface area contributed by atoms with Crippen LogP contribution in [0, 0.1) is 0 Å². The number of rotatable bonds is 3. The molecule has 1 aromatic heterocycles. The fourth-order valence-electron chi connectivity index (χ4n) is 4.20. The van der Waals surface area contributed by atoms with Crippen LogP contribution in [0.1, 0.15) is 29.5 Å². The molecule has 2 aliphatic rings. The van der Waals surface area contributed by atoms with Crippen LogP contribution in [0.4, 0.5) is 24.5 Å². The summed E-state index contributed by atoms with van der Waals surface area (Å²) >= 11 is 0. The molecule has 0 amide bonds. The summed E-state index contributed by atoms with van der Waals surface area (Å²) in [6.45, 7) is 2.56. The number of fused-ring (bicyclic) bond motifs is 1. The van der Waals surface area contributed by atoms with E-state index in [2.05, 4.69) is 15.3 Å². The van der Waals surface area contributed by atoms with Crippen molar-refractivity contribution < 1.29 is 13.2 Å². The van der Waals surface area contributed by atoms with Gasteiger partial charge in [0.15, 0.2) is 0 Å². The van der Waals surface area contributed by atoms with Crippen molar-refractivity contribution in [2.24, 2.45) is 0 Å². The topological polar surface area (TPSA) is 64.3 Å². The summed E-state index contributed by atoms with van der Waals surface area (Å²) in [7, 11) is 2.05. The van der Waals surface area contributed by atoms with Crippen LogP contribution in [-0.4, -0.2) is 36.4 Å². The van der Waals surface area contributed by atoms with Crippen molar-refractivity contribution in [2.75, 3.05) is 29.9 Å². The van der Waals surface area contributed by atoms with Crippen molar-refractivity contribution in [1.29, 1.82) is 0 Å². The number of hydrogen-bond donors (Lipinski definition) is 2. The molecule has 0 spiro atoms. The molecule has 1 fully saturated rings. The molecule has 0 bridgehead atoms. The van der Waals surface area contributed by atoms with E-state index in [1.54, 1.807) is 4.90 Å². The summed E-state index contributed by atoms with van der Waals surface area (Å²) in [5.41, 5.74) is 0.446. The number of aromatic amines is 1. The molecule has 2 aliphatic heterocycles. The Bertz CT molecular complexity index is 921. The molecule has 0 aliphatic carbocycles. The van der Waals surface area contributed by atoms with Gasteiger partial charge in [-0.2, -0.15) is 18.3 Å². The quantitative estimate of drug-likeness (QED) is 0.839. The third kappa shape index (κ3) is 3.34. The molecule has 2 N–H and O–H groups in total. The maximum atomic E-state index is 13.5. The second kappa shape index (κ2) is 7.12. The van der Waals surface area contributed by atoms with Gasteiger partial charge < -0.3 is 15.1 Å². The maximum Gasteiger partial charge on any atom is 0.423 e. The molecule has 1 saturated heterocycles. The predicted octanol–water partition coefficient (Wildman–Crippen LogP) is 2.50. The summed E-state index contributed by atoms with van der Waals surface area (Å²) in [6, 6.07) is 6.29. The first-order valence-electron chi connectivity index (χ1n) is 9.30. The van der Waals surface area contributed by atoms with E-state index < -0.39 is 17.3 Å². The third-order valence-electron chi connectivity index (χ3n) is 5.66. The van der Waals surface area contributed by atoms with Crippen LogP contribution in [-0.2, 0) is 19.3 Å². The Morgan fingerprint density at radius 1 is 1.21 bits per heavy atom. The number of nitrogens with zero attached hydrogens (tertiary/aromatic N) is 3. The van der Waals surface area contributed by atoms with E-state index in [1.807, 2.05) is 30.3 Å². The van der Waals surface area contributed by atoms with Crippen molar-refractivity contribution in [1.82, 2.24) is 15.5 Å². The zero-order valence-corrected chi connectivity index (χ0v) is 15.5. The Morgan fingerprint density at radius 3 is 2.68 bits per heavy atom. The van der Waals surface area contributed by atoms with Crippen LogP contribution in [0.5, 0.6) is 0 Å². The van der Waals surface area contributed by atoms with Gasteiger partial charge in [-0.3, -0.25) is 4.79 Å². The highest BCUT2D eigenvalue weighted by Gasteiger charge is 2.40. The molecule has 0 saturated carbocycles. The summed E-state index contributed by atoms with van der Waals surface area (Å²) in [4.78, 5) is 15.6. The Labute approximate surface area is 160 Å². The van der Waals surface area contributed by atoms with Gasteiger partial charge in [0.05, 0.1) is 11.9 Å². The zero-order chi connectivity index (χ0) is 19.9. The summed E-state index contributed by atoms with van der Waals surface area (Å²) in [5, 5.41) is 8.84. The fraction of sp³-hybridized carbons (Fsp3) is 0.474. The Kier molecular flexibility index (Phi) is 4.78. The van der Waals surface area contributed by atoms with Crippen molar-refractivity contribution in [3.8, 4) is 0 Å². The highest BCUT2D eigenvalue weighted by molar-refractivity contribution is 5.64. The van der Waals surface area contributed by atoms with Gasteiger partial charge in [0.2, 0.25) is 0 Å². The first-order chi connectivity index (χ1) is 13.4. The van der Waals surface area contributed by atoms with E-state index >= 15 is 0 Å². The van der Waals surface area contributed by atoms with Crippen LogP contribution >= 0.6 is 0 Å². The van der Waals surface area contributed by atoms with Gasteiger partial charge in [0, 0.05) is 31.9 Å². The van der Waals surface area contributed by atoms with E-state index in [0.29, 0.717) is 19.1 Å². The number of alkyl halides is 3. The van der Waals surface area contributed by atoms with Crippen molar-refractivity contribution in [3.63, 3.8) is 0 Å². The number of hydrogen-bond acceptors (Lipinski definition) is 5. The van der Waals surface area contributed by atoms with Gasteiger partial charge in [0.1, 0.15) is 5.56 Å². The van der Waals surface area contributed by atoms with E-state index in [9.17, 15) is 18.0 Å². The zero-order valence-electron chi connectivity index (χ0n) is 15.5. The van der Waals surface area contributed by atoms with Crippen LogP contribution in [0.25, 0.3) is 0 Å². The Balaban J connectivity index is 1.67. The smallest absolute Gasteiger partial charge is 0.371 e. The lowest BCUT2D eigenvalue weighted by molar-refractivity contribution is -0.138. The first kappa shape index (κ1) is 18.8. The van der Waals surface area contributed by atoms with Crippen LogP contribution in [0.2, 0.25) is 0 Å². The molecule has 0 unspecified atom stereocenters. The van der Waals surface area contributed by atoms with Crippen LogP contribution in [0.15, 0.2) is 29.2 Å². The molecule has 1 aromatic carbocycles. The van der Waals surface area contributed by atoms with Gasteiger partial charge in [0.25, 0.3) is 5.56 Å². The van der Waals surface area contributed by atoms with Crippen LogP contribution < -0.4 is 20.7 Å². The molecule has 0 radical (unpaired) electrons. The van der Waals surface area contributed by atoms with Crippen molar-refractivity contribution >= 4 is 11.4 Å². The predicted molar refractivity (Wildman–Crippen MR) is 100 cm³/mol. The number of halogens is 3. The van der Waals surface area contributed by atoms with Gasteiger partial charge in [-0.05, 0) is 43.1 Å². The highest BCUT2D eigenvalue weighted by atomic mass is 19.4. The minimum atomic E-state index is -4.74. The van der Waals surface area contributed by atoms with Gasteiger partial charge >= 0.3 is 6.18 Å². The largest absolute Gasteiger partial charge is 0.423 e. The van der Waals surface area contributed by atoms with Gasteiger partial charge in [-0.25, -0.2) is 5.10 Å². The minimum Gasteiger partial charge on any atom is -0.371 e. The number of H-pyrrole nitrogens is 1. The van der Waals surface area contributed by atoms with E-state index in [0.717, 1.165) is 48.9 Å². The second-order valence-corrected chi connectivity index (χ2v) is 7.32. The summed E-state index contributed by atoms with van der Waals surface area (Å²) in [6.07, 6.45) is -1.60. The molecule has 150 valence electrons. The van der Waals surface area contributed by atoms with Gasteiger partial charge in [-0.1, -0.05) is 12.1 Å². The molecule has 6 nitrogen and oxygen atoms in total. The fourth-order valence-corrected chi connectivity index (χ4v) is 4.20. The molecule has 9 heteroatoms. The molecule has 2 aromatic rings. The van der Waals surface area contributed by atoms with Crippen LogP contribution in [0.3, 0.4) is 0 Å². The molecule has 28 heavy (non-hydrogen) atoms. The number of benzene rings is 1. The Hall–Kier alpha value is -2.55.